The molecule has 3 rings (SSSR count). The maximum absolute atomic E-state index is 12.1. The van der Waals surface area contributed by atoms with E-state index >= 15 is 0 Å². The molecule has 0 fully saturated rings. The first-order valence-electron chi connectivity index (χ1n) is 6.87. The molecule has 4 nitrogen and oxygen atoms in total. The molecule has 0 bridgehead atoms. The number of amides is 2. The molecule has 0 saturated carbocycles. The number of pyridine rings is 1. The van der Waals surface area contributed by atoms with Gasteiger partial charge in [-0.15, -0.1) is 0 Å². The number of urea groups is 1. The van der Waals surface area contributed by atoms with Crippen LogP contribution in [0.15, 0.2) is 59.6 Å². The van der Waals surface area contributed by atoms with Crippen LogP contribution in [0.25, 0.3) is 21.8 Å². The average Bonchev–Trinajstić information content (AvgIpc) is 2.55. The first-order chi connectivity index (χ1) is 10.8. The first kappa shape index (κ1) is 14.5. The van der Waals surface area contributed by atoms with Gasteiger partial charge in [-0.1, -0.05) is 58.4 Å². The predicted octanol–water partition coefficient (Wildman–Crippen LogP) is 4.42. The lowest BCUT2D eigenvalue weighted by Crippen LogP contribution is -2.28. The summed E-state index contributed by atoms with van der Waals surface area (Å²) in [6.07, 6.45) is 1.81. The number of anilines is 1. The molecular formula is C17H14BrN3O. The van der Waals surface area contributed by atoms with Crippen molar-refractivity contribution in [3.8, 4) is 0 Å². The number of hydrogen-bond donors (Lipinski definition) is 2. The number of aromatic nitrogens is 1. The minimum Gasteiger partial charge on any atom is -0.334 e. The SMILES string of the molecule is O=C(NCC=CBr)Nc1c2ccccc2nc2ccccc12. The van der Waals surface area contributed by atoms with Crippen molar-refractivity contribution < 1.29 is 4.79 Å². The number of carbonyl (C=O) groups excluding carboxylic acids is 1. The Morgan fingerprint density at radius 3 is 2.23 bits per heavy atom. The van der Waals surface area contributed by atoms with Crippen LogP contribution in [-0.2, 0) is 0 Å². The van der Waals surface area contributed by atoms with E-state index in [4.69, 9.17) is 0 Å². The van der Waals surface area contributed by atoms with Gasteiger partial charge < -0.3 is 10.6 Å². The van der Waals surface area contributed by atoms with E-state index in [1.807, 2.05) is 54.6 Å². The molecule has 0 aliphatic heterocycles. The number of benzene rings is 2. The lowest BCUT2D eigenvalue weighted by atomic mass is 10.1. The summed E-state index contributed by atoms with van der Waals surface area (Å²) in [6.45, 7) is 0.456. The second kappa shape index (κ2) is 6.58. The van der Waals surface area contributed by atoms with Crippen molar-refractivity contribution >= 4 is 49.5 Å². The fourth-order valence-electron chi connectivity index (χ4n) is 2.33. The Bertz CT molecular complexity index is 807. The van der Waals surface area contributed by atoms with Gasteiger partial charge >= 0.3 is 6.03 Å². The van der Waals surface area contributed by atoms with E-state index in [2.05, 4.69) is 31.5 Å². The lowest BCUT2D eigenvalue weighted by molar-refractivity contribution is 0.253. The molecule has 1 heterocycles. The normalized spacial score (nSPS) is 11.1. The molecule has 22 heavy (non-hydrogen) atoms. The standard InChI is InChI=1S/C17H14BrN3O/c18-10-5-11-19-17(22)21-16-12-6-1-3-8-14(12)20-15-9-4-2-7-13(15)16/h1-10H,11H2,(H2,19,20,21,22). The third-order valence-electron chi connectivity index (χ3n) is 3.30. The number of fused-ring (bicyclic) bond motifs is 2. The van der Waals surface area contributed by atoms with E-state index in [0.717, 1.165) is 27.5 Å². The highest BCUT2D eigenvalue weighted by Crippen LogP contribution is 2.30. The Labute approximate surface area is 136 Å². The van der Waals surface area contributed by atoms with Crippen LogP contribution in [0.3, 0.4) is 0 Å². The second-order valence-electron chi connectivity index (χ2n) is 4.72. The predicted molar refractivity (Wildman–Crippen MR) is 94.3 cm³/mol. The van der Waals surface area contributed by atoms with Crippen molar-refractivity contribution in [2.75, 3.05) is 11.9 Å². The van der Waals surface area contributed by atoms with Gasteiger partial charge in [0.2, 0.25) is 0 Å². The number of halogens is 1. The molecule has 0 saturated heterocycles. The van der Waals surface area contributed by atoms with E-state index in [1.165, 1.54) is 0 Å². The smallest absolute Gasteiger partial charge is 0.319 e. The van der Waals surface area contributed by atoms with Crippen LogP contribution >= 0.6 is 15.9 Å². The molecule has 0 unspecified atom stereocenters. The van der Waals surface area contributed by atoms with E-state index in [9.17, 15) is 4.79 Å². The highest BCUT2D eigenvalue weighted by atomic mass is 79.9. The summed E-state index contributed by atoms with van der Waals surface area (Å²) in [7, 11) is 0. The minimum absolute atomic E-state index is 0.243. The molecule has 0 aliphatic rings. The third-order valence-corrected chi connectivity index (χ3v) is 3.67. The van der Waals surface area contributed by atoms with Gasteiger partial charge in [0.1, 0.15) is 0 Å². The molecule has 110 valence electrons. The van der Waals surface area contributed by atoms with E-state index < -0.39 is 0 Å². The summed E-state index contributed by atoms with van der Waals surface area (Å²) in [5.74, 6) is 0. The van der Waals surface area contributed by atoms with Gasteiger partial charge in [0.25, 0.3) is 0 Å². The number of rotatable bonds is 3. The maximum Gasteiger partial charge on any atom is 0.319 e. The Kier molecular flexibility index (Phi) is 4.34. The molecule has 0 spiro atoms. The van der Waals surface area contributed by atoms with Crippen LogP contribution in [0, 0.1) is 0 Å². The van der Waals surface area contributed by atoms with Crippen molar-refractivity contribution in [1.29, 1.82) is 0 Å². The van der Waals surface area contributed by atoms with E-state index in [0.29, 0.717) is 6.54 Å². The van der Waals surface area contributed by atoms with Gasteiger partial charge in [-0.25, -0.2) is 9.78 Å². The zero-order valence-corrected chi connectivity index (χ0v) is 13.3. The molecule has 0 atom stereocenters. The summed E-state index contributed by atoms with van der Waals surface area (Å²) < 4.78 is 0. The van der Waals surface area contributed by atoms with Crippen LogP contribution < -0.4 is 10.6 Å². The Hall–Kier alpha value is -2.40. The van der Waals surface area contributed by atoms with Gasteiger partial charge in [-0.05, 0) is 17.1 Å². The van der Waals surface area contributed by atoms with Crippen LogP contribution in [-0.4, -0.2) is 17.6 Å². The zero-order chi connectivity index (χ0) is 15.4. The van der Waals surface area contributed by atoms with E-state index in [1.54, 1.807) is 4.99 Å². The average molecular weight is 356 g/mol. The van der Waals surface area contributed by atoms with Crippen LogP contribution in [0.4, 0.5) is 10.5 Å². The Morgan fingerprint density at radius 2 is 1.64 bits per heavy atom. The molecular weight excluding hydrogens is 342 g/mol. The van der Waals surface area contributed by atoms with Gasteiger partial charge in [0.05, 0.1) is 16.7 Å². The number of hydrogen-bond acceptors (Lipinski definition) is 2. The summed E-state index contributed by atoms with van der Waals surface area (Å²) in [4.78, 5) is 18.4. The topological polar surface area (TPSA) is 54.0 Å². The first-order valence-corrected chi connectivity index (χ1v) is 7.79. The molecule has 2 aromatic carbocycles. The molecule has 1 aromatic heterocycles. The van der Waals surface area contributed by atoms with Gasteiger partial charge in [-0.3, -0.25) is 0 Å². The Morgan fingerprint density at radius 1 is 1.05 bits per heavy atom. The summed E-state index contributed by atoms with van der Waals surface area (Å²) in [6, 6.07) is 15.3. The highest BCUT2D eigenvalue weighted by Gasteiger charge is 2.10. The summed E-state index contributed by atoms with van der Waals surface area (Å²) >= 11 is 3.17. The van der Waals surface area contributed by atoms with Gasteiger partial charge in [0.15, 0.2) is 0 Å². The summed E-state index contributed by atoms with van der Waals surface area (Å²) in [5, 5.41) is 7.57. The minimum atomic E-state index is -0.243. The fourth-order valence-corrected chi connectivity index (χ4v) is 2.52. The lowest BCUT2D eigenvalue weighted by Gasteiger charge is -2.12. The van der Waals surface area contributed by atoms with Crippen LogP contribution in [0.1, 0.15) is 0 Å². The molecule has 0 aliphatic carbocycles. The van der Waals surface area contributed by atoms with Gasteiger partial charge in [0, 0.05) is 17.3 Å². The largest absolute Gasteiger partial charge is 0.334 e. The Balaban J connectivity index is 2.06. The summed E-state index contributed by atoms with van der Waals surface area (Å²) in [5.41, 5.74) is 2.50. The maximum atomic E-state index is 12.1. The van der Waals surface area contributed by atoms with Crippen LogP contribution in [0.5, 0.6) is 0 Å². The third kappa shape index (κ3) is 2.94. The number of nitrogens with one attached hydrogen (secondary N) is 2. The molecule has 2 amide bonds. The molecule has 2 N–H and O–H groups in total. The quantitative estimate of drug-likeness (QED) is 0.683. The molecule has 0 radical (unpaired) electrons. The molecule has 3 aromatic rings. The number of carbonyl (C=O) groups is 1. The van der Waals surface area contributed by atoms with Crippen LogP contribution in [0.2, 0.25) is 0 Å². The van der Waals surface area contributed by atoms with Crippen molar-refractivity contribution in [2.24, 2.45) is 0 Å². The van der Waals surface area contributed by atoms with Crippen molar-refractivity contribution in [3.05, 3.63) is 59.6 Å². The number of para-hydroxylation sites is 2. The molecule has 5 heteroatoms. The van der Waals surface area contributed by atoms with Crippen molar-refractivity contribution in [2.45, 2.75) is 0 Å². The van der Waals surface area contributed by atoms with Gasteiger partial charge in [-0.2, -0.15) is 0 Å². The van der Waals surface area contributed by atoms with Crippen molar-refractivity contribution in [1.82, 2.24) is 10.3 Å². The fraction of sp³-hybridized carbons (Fsp3) is 0.0588. The highest BCUT2D eigenvalue weighted by molar-refractivity contribution is 9.11. The number of nitrogens with zero attached hydrogens (tertiary/aromatic N) is 1. The van der Waals surface area contributed by atoms with Crippen molar-refractivity contribution in [3.63, 3.8) is 0 Å². The van der Waals surface area contributed by atoms with E-state index in [-0.39, 0.29) is 6.03 Å². The zero-order valence-electron chi connectivity index (χ0n) is 11.7. The second-order valence-corrected chi connectivity index (χ2v) is 5.25. The monoisotopic (exact) mass is 355 g/mol.